The van der Waals surface area contributed by atoms with E-state index in [1.807, 2.05) is 17.1 Å². The first-order chi connectivity index (χ1) is 14.7. The highest BCUT2D eigenvalue weighted by Crippen LogP contribution is 2.24. The van der Waals surface area contributed by atoms with E-state index in [0.717, 1.165) is 57.7 Å². The molecule has 3 heterocycles. The van der Waals surface area contributed by atoms with Crippen molar-refractivity contribution in [3.05, 3.63) is 53.9 Å². The van der Waals surface area contributed by atoms with Crippen LogP contribution >= 0.6 is 0 Å². The zero-order chi connectivity index (χ0) is 20.8. The lowest BCUT2D eigenvalue weighted by Crippen LogP contribution is -2.50. The summed E-state index contributed by atoms with van der Waals surface area (Å²) in [5, 5.41) is 7.42. The van der Waals surface area contributed by atoms with Gasteiger partial charge in [0.2, 0.25) is 5.91 Å². The number of nitrogens with one attached hydrogen (secondary N) is 1. The quantitative estimate of drug-likeness (QED) is 0.764. The lowest BCUT2D eigenvalue weighted by atomic mass is 9.93. The van der Waals surface area contributed by atoms with Gasteiger partial charge in [-0.3, -0.25) is 19.3 Å². The molecule has 1 N–H and O–H groups in total. The van der Waals surface area contributed by atoms with E-state index < -0.39 is 0 Å². The lowest BCUT2D eigenvalue weighted by molar-refractivity contribution is -0.127. The molecule has 1 amide bonds. The van der Waals surface area contributed by atoms with Crippen molar-refractivity contribution in [3.8, 4) is 0 Å². The van der Waals surface area contributed by atoms with Crippen molar-refractivity contribution >= 4 is 5.91 Å². The Balaban J connectivity index is 1.22. The maximum Gasteiger partial charge on any atom is 0.224 e. The predicted octanol–water partition coefficient (Wildman–Crippen LogP) is 2.90. The molecule has 2 aliphatic rings. The van der Waals surface area contributed by atoms with Gasteiger partial charge in [-0.25, -0.2) is 0 Å². The molecule has 0 unspecified atom stereocenters. The topological polar surface area (TPSA) is 53.4 Å². The molecule has 1 aromatic heterocycles. The molecule has 6 nitrogen and oxygen atoms in total. The summed E-state index contributed by atoms with van der Waals surface area (Å²) < 4.78 is 1.90. The zero-order valence-electron chi connectivity index (χ0n) is 18.2. The summed E-state index contributed by atoms with van der Waals surface area (Å²) in [6, 6.07) is 11.4. The maximum atomic E-state index is 12.8. The first-order valence-electron chi connectivity index (χ1n) is 11.5. The molecule has 2 aromatic rings. The van der Waals surface area contributed by atoms with Crippen molar-refractivity contribution in [2.75, 3.05) is 26.2 Å². The summed E-state index contributed by atoms with van der Waals surface area (Å²) >= 11 is 0. The van der Waals surface area contributed by atoms with Gasteiger partial charge in [0.15, 0.2) is 0 Å². The van der Waals surface area contributed by atoms with Crippen LogP contribution in [0.15, 0.2) is 42.7 Å². The molecule has 4 rings (SSSR count). The minimum atomic E-state index is 0.113. The number of amides is 1. The van der Waals surface area contributed by atoms with Crippen LogP contribution in [0.4, 0.5) is 0 Å². The van der Waals surface area contributed by atoms with Gasteiger partial charge in [-0.15, -0.1) is 0 Å². The largest absolute Gasteiger partial charge is 0.352 e. The molecule has 0 radical (unpaired) electrons. The number of carbonyl (C=O) groups excluding carboxylic acids is 1. The van der Waals surface area contributed by atoms with Gasteiger partial charge in [0.05, 0.1) is 12.1 Å². The Morgan fingerprint density at radius 2 is 1.90 bits per heavy atom. The number of carbonyl (C=O) groups is 1. The van der Waals surface area contributed by atoms with Crippen molar-refractivity contribution in [3.63, 3.8) is 0 Å². The van der Waals surface area contributed by atoms with E-state index in [-0.39, 0.29) is 11.8 Å². The van der Waals surface area contributed by atoms with E-state index in [9.17, 15) is 4.79 Å². The summed E-state index contributed by atoms with van der Waals surface area (Å²) in [4.78, 5) is 17.9. The van der Waals surface area contributed by atoms with Crippen molar-refractivity contribution in [1.82, 2.24) is 24.9 Å². The van der Waals surface area contributed by atoms with Gasteiger partial charge in [0.1, 0.15) is 0 Å². The Morgan fingerprint density at radius 3 is 2.63 bits per heavy atom. The SMILES string of the molecule is CCn1cc(CNC(=O)[C@H]2CCCN(C3CCN(Cc4ccccc4)CC3)C2)cn1. The number of benzene rings is 1. The smallest absolute Gasteiger partial charge is 0.224 e. The minimum Gasteiger partial charge on any atom is -0.352 e. The first-order valence-corrected chi connectivity index (χ1v) is 11.5. The Bertz CT molecular complexity index is 797. The van der Waals surface area contributed by atoms with E-state index >= 15 is 0 Å². The van der Waals surface area contributed by atoms with Crippen molar-refractivity contribution in [2.45, 2.75) is 58.3 Å². The molecule has 1 aromatic carbocycles. The average Bonchev–Trinajstić information content (AvgIpc) is 3.27. The highest BCUT2D eigenvalue weighted by molar-refractivity contribution is 5.78. The predicted molar refractivity (Wildman–Crippen MR) is 119 cm³/mol. The first kappa shape index (κ1) is 21.1. The second kappa shape index (κ2) is 10.2. The standard InChI is InChI=1S/C24H35N5O/c1-2-29-18-21(16-26-29)15-25-24(30)22-9-6-12-28(19-22)23-10-13-27(14-11-23)17-20-7-4-3-5-8-20/h3-5,7-8,16,18,22-23H,2,6,9-15,17,19H2,1H3,(H,25,30)/t22-/m0/s1. The van der Waals surface area contributed by atoms with Crippen molar-refractivity contribution in [1.29, 1.82) is 0 Å². The molecule has 0 spiro atoms. The van der Waals surface area contributed by atoms with Crippen LogP contribution in [-0.4, -0.2) is 57.7 Å². The Kier molecular flexibility index (Phi) is 7.18. The number of hydrogen-bond acceptors (Lipinski definition) is 4. The van der Waals surface area contributed by atoms with Gasteiger partial charge in [0.25, 0.3) is 0 Å². The second-order valence-corrected chi connectivity index (χ2v) is 8.75. The van der Waals surface area contributed by atoms with Gasteiger partial charge in [-0.2, -0.15) is 5.10 Å². The summed E-state index contributed by atoms with van der Waals surface area (Å²) in [5.74, 6) is 0.313. The molecule has 2 saturated heterocycles. The van der Waals surface area contributed by atoms with Gasteiger partial charge in [-0.1, -0.05) is 30.3 Å². The minimum absolute atomic E-state index is 0.113. The Hall–Kier alpha value is -2.18. The van der Waals surface area contributed by atoms with Gasteiger partial charge in [-0.05, 0) is 57.8 Å². The molecule has 1 atom stereocenters. The highest BCUT2D eigenvalue weighted by Gasteiger charge is 2.31. The maximum absolute atomic E-state index is 12.8. The molecule has 0 saturated carbocycles. The van der Waals surface area contributed by atoms with Gasteiger partial charge >= 0.3 is 0 Å². The zero-order valence-corrected chi connectivity index (χ0v) is 18.2. The summed E-state index contributed by atoms with van der Waals surface area (Å²) in [7, 11) is 0. The van der Waals surface area contributed by atoms with Gasteiger partial charge in [0, 0.05) is 44.0 Å². The van der Waals surface area contributed by atoms with E-state index in [2.05, 4.69) is 57.5 Å². The Labute approximate surface area is 180 Å². The summed E-state index contributed by atoms with van der Waals surface area (Å²) in [6.07, 6.45) is 8.39. The van der Waals surface area contributed by atoms with Crippen LogP contribution in [0.3, 0.4) is 0 Å². The molecule has 2 aliphatic heterocycles. The van der Waals surface area contributed by atoms with Crippen LogP contribution in [-0.2, 0) is 24.4 Å². The van der Waals surface area contributed by atoms with Crippen molar-refractivity contribution < 1.29 is 4.79 Å². The van der Waals surface area contributed by atoms with Gasteiger partial charge < -0.3 is 5.32 Å². The Morgan fingerprint density at radius 1 is 1.10 bits per heavy atom. The number of nitrogens with zero attached hydrogens (tertiary/aromatic N) is 4. The van der Waals surface area contributed by atoms with E-state index in [0.29, 0.717) is 12.6 Å². The number of aryl methyl sites for hydroxylation is 1. The number of aromatic nitrogens is 2. The molecule has 2 fully saturated rings. The van der Waals surface area contributed by atoms with Crippen LogP contribution in [0.1, 0.15) is 43.7 Å². The fourth-order valence-corrected chi connectivity index (χ4v) is 4.84. The molecule has 0 aliphatic carbocycles. The molecule has 6 heteroatoms. The highest BCUT2D eigenvalue weighted by atomic mass is 16.1. The third kappa shape index (κ3) is 5.49. The molecular formula is C24H35N5O. The number of rotatable bonds is 7. The average molecular weight is 410 g/mol. The fourth-order valence-electron chi connectivity index (χ4n) is 4.84. The lowest BCUT2D eigenvalue weighted by Gasteiger charge is -2.42. The van der Waals surface area contributed by atoms with Crippen molar-refractivity contribution in [2.24, 2.45) is 5.92 Å². The second-order valence-electron chi connectivity index (χ2n) is 8.75. The third-order valence-corrected chi connectivity index (χ3v) is 6.62. The summed E-state index contributed by atoms with van der Waals surface area (Å²) in [6.45, 7) is 8.89. The van der Waals surface area contributed by atoms with E-state index in [1.54, 1.807) is 0 Å². The van der Waals surface area contributed by atoms with Crippen LogP contribution in [0.2, 0.25) is 0 Å². The molecular weight excluding hydrogens is 374 g/mol. The number of likely N-dealkylation sites (tertiary alicyclic amines) is 2. The van der Waals surface area contributed by atoms with Crippen LogP contribution in [0, 0.1) is 5.92 Å². The molecule has 30 heavy (non-hydrogen) atoms. The monoisotopic (exact) mass is 409 g/mol. The van der Waals surface area contributed by atoms with E-state index in [1.165, 1.54) is 18.4 Å². The fraction of sp³-hybridized carbons (Fsp3) is 0.583. The number of hydrogen-bond donors (Lipinski definition) is 1. The van der Waals surface area contributed by atoms with Crippen LogP contribution in [0.25, 0.3) is 0 Å². The third-order valence-electron chi connectivity index (χ3n) is 6.62. The summed E-state index contributed by atoms with van der Waals surface area (Å²) in [5.41, 5.74) is 2.47. The molecule has 162 valence electrons. The molecule has 0 bridgehead atoms. The van der Waals surface area contributed by atoms with E-state index in [4.69, 9.17) is 0 Å². The van der Waals surface area contributed by atoms with Crippen LogP contribution in [0.5, 0.6) is 0 Å². The van der Waals surface area contributed by atoms with Crippen LogP contribution < -0.4 is 5.32 Å². The number of piperidine rings is 2. The normalized spacial score (nSPS) is 21.6.